The van der Waals surface area contributed by atoms with Crippen LogP contribution in [0.3, 0.4) is 0 Å². The first-order valence-electron chi connectivity index (χ1n) is 9.93. The summed E-state index contributed by atoms with van der Waals surface area (Å²) in [6.45, 7) is 1.81. The molecule has 4 aromatic heterocycles. The number of furan rings is 1. The molecular weight excluding hydrogens is 433 g/mol. The van der Waals surface area contributed by atoms with Crippen molar-refractivity contribution in [2.24, 2.45) is 0 Å². The molecule has 1 aliphatic rings. The summed E-state index contributed by atoms with van der Waals surface area (Å²) in [4.78, 5) is 13.0. The van der Waals surface area contributed by atoms with Crippen LogP contribution in [0.15, 0.2) is 57.9 Å². The summed E-state index contributed by atoms with van der Waals surface area (Å²) >= 11 is 0. The van der Waals surface area contributed by atoms with E-state index < -0.39 is 10.8 Å². The van der Waals surface area contributed by atoms with Crippen LogP contribution in [0.2, 0.25) is 0 Å². The molecule has 0 atom stereocenters. The first kappa shape index (κ1) is 19.1. The molecule has 160 valence electrons. The molecule has 6 rings (SSSR count). The monoisotopic (exact) mass is 449 g/mol. The Morgan fingerprint density at radius 3 is 2.62 bits per heavy atom. The van der Waals surface area contributed by atoms with Crippen molar-refractivity contribution >= 4 is 21.9 Å². The SMILES string of the molecule is Cc1cnc(-c2cc3c(-c4cn(C5CS(=O)C5)nc4-c4ccc(F)cc4)ncnc3o2)o1. The number of fused-ring (bicyclic) bond motifs is 1. The summed E-state index contributed by atoms with van der Waals surface area (Å²) in [5.74, 6) is 2.27. The molecule has 0 N–H and O–H groups in total. The summed E-state index contributed by atoms with van der Waals surface area (Å²) in [5, 5.41) is 5.44. The Labute approximate surface area is 183 Å². The van der Waals surface area contributed by atoms with Crippen LogP contribution in [0.25, 0.3) is 45.3 Å². The van der Waals surface area contributed by atoms with Crippen LogP contribution in [0, 0.1) is 12.7 Å². The molecule has 0 bridgehead atoms. The summed E-state index contributed by atoms with van der Waals surface area (Å²) in [6.07, 6.45) is 4.94. The molecule has 0 aliphatic carbocycles. The van der Waals surface area contributed by atoms with Crippen LogP contribution in [0.5, 0.6) is 0 Å². The van der Waals surface area contributed by atoms with Crippen LogP contribution in [-0.4, -0.2) is 40.4 Å². The van der Waals surface area contributed by atoms with Crippen molar-refractivity contribution < 1.29 is 17.4 Å². The van der Waals surface area contributed by atoms with Gasteiger partial charge in [0.05, 0.1) is 23.3 Å². The summed E-state index contributed by atoms with van der Waals surface area (Å²) in [5.41, 5.74) is 3.16. The second-order valence-electron chi connectivity index (χ2n) is 7.63. The maximum atomic E-state index is 13.5. The van der Waals surface area contributed by atoms with E-state index in [4.69, 9.17) is 13.9 Å². The fourth-order valence-electron chi connectivity index (χ4n) is 3.75. The number of halogens is 1. The molecule has 0 saturated carbocycles. The smallest absolute Gasteiger partial charge is 0.263 e. The van der Waals surface area contributed by atoms with Gasteiger partial charge in [-0.15, -0.1) is 0 Å². The zero-order valence-corrected chi connectivity index (χ0v) is 17.7. The van der Waals surface area contributed by atoms with E-state index in [1.807, 2.05) is 10.9 Å². The third-order valence-electron chi connectivity index (χ3n) is 5.40. The number of rotatable bonds is 4. The Balaban J connectivity index is 1.53. The van der Waals surface area contributed by atoms with Gasteiger partial charge in [0.1, 0.15) is 23.6 Å². The van der Waals surface area contributed by atoms with Gasteiger partial charge < -0.3 is 8.83 Å². The normalized spacial score (nSPS) is 18.2. The summed E-state index contributed by atoms with van der Waals surface area (Å²) in [7, 11) is -0.819. The van der Waals surface area contributed by atoms with E-state index >= 15 is 0 Å². The van der Waals surface area contributed by atoms with Crippen LogP contribution >= 0.6 is 0 Å². The maximum Gasteiger partial charge on any atom is 0.263 e. The van der Waals surface area contributed by atoms with Gasteiger partial charge in [-0.1, -0.05) is 0 Å². The van der Waals surface area contributed by atoms with Gasteiger partial charge in [-0.05, 0) is 31.2 Å². The average molecular weight is 449 g/mol. The van der Waals surface area contributed by atoms with Crippen LogP contribution in [0.4, 0.5) is 4.39 Å². The van der Waals surface area contributed by atoms with Crippen LogP contribution in [-0.2, 0) is 10.8 Å². The minimum atomic E-state index is -0.819. The van der Waals surface area contributed by atoms with Gasteiger partial charge in [-0.2, -0.15) is 5.10 Å². The minimum absolute atomic E-state index is 0.0521. The quantitative estimate of drug-likeness (QED) is 0.406. The average Bonchev–Trinajstić information content (AvgIpc) is 3.49. The highest BCUT2D eigenvalue weighted by Gasteiger charge is 2.30. The first-order chi connectivity index (χ1) is 15.5. The van der Waals surface area contributed by atoms with Gasteiger partial charge in [0.25, 0.3) is 5.89 Å². The number of benzene rings is 1. The summed E-state index contributed by atoms with van der Waals surface area (Å²) < 4.78 is 38.5. The van der Waals surface area contributed by atoms with E-state index in [1.54, 1.807) is 31.3 Å². The fourth-order valence-corrected chi connectivity index (χ4v) is 4.82. The Morgan fingerprint density at radius 1 is 1.09 bits per heavy atom. The molecule has 0 radical (unpaired) electrons. The molecule has 5 aromatic rings. The van der Waals surface area contributed by atoms with Gasteiger partial charge in [-0.3, -0.25) is 8.89 Å². The molecule has 0 spiro atoms. The van der Waals surface area contributed by atoms with Gasteiger partial charge >= 0.3 is 0 Å². The van der Waals surface area contributed by atoms with Gasteiger partial charge in [0, 0.05) is 45.7 Å². The third kappa shape index (κ3) is 3.14. The lowest BCUT2D eigenvalue weighted by molar-refractivity contribution is 0.507. The Hall–Kier alpha value is -3.66. The molecule has 0 unspecified atom stereocenters. The Morgan fingerprint density at radius 2 is 1.91 bits per heavy atom. The number of oxazole rings is 1. The largest absolute Gasteiger partial charge is 0.439 e. The van der Waals surface area contributed by atoms with Crippen LogP contribution < -0.4 is 0 Å². The predicted molar refractivity (Wildman–Crippen MR) is 116 cm³/mol. The Bertz CT molecular complexity index is 1480. The second kappa shape index (κ2) is 7.20. The highest BCUT2D eigenvalue weighted by Crippen LogP contribution is 2.37. The molecule has 32 heavy (non-hydrogen) atoms. The van der Waals surface area contributed by atoms with Crippen molar-refractivity contribution in [3.8, 4) is 34.2 Å². The zero-order valence-electron chi connectivity index (χ0n) is 16.9. The number of aromatic nitrogens is 5. The molecule has 0 amide bonds. The fraction of sp³-hybridized carbons (Fsp3) is 0.182. The molecule has 1 aromatic carbocycles. The molecule has 8 nitrogen and oxygen atoms in total. The maximum absolute atomic E-state index is 13.5. The topological polar surface area (TPSA) is 99.8 Å². The summed E-state index contributed by atoms with van der Waals surface area (Å²) in [6, 6.07) is 7.99. The molecule has 1 saturated heterocycles. The third-order valence-corrected chi connectivity index (χ3v) is 6.91. The lowest BCUT2D eigenvalue weighted by Gasteiger charge is -2.24. The van der Waals surface area contributed by atoms with Crippen molar-refractivity contribution in [2.45, 2.75) is 13.0 Å². The Kier molecular flexibility index (Phi) is 4.29. The number of aryl methyl sites for hydroxylation is 1. The minimum Gasteiger partial charge on any atom is -0.439 e. The van der Waals surface area contributed by atoms with E-state index in [0.717, 1.165) is 11.1 Å². The molecule has 10 heteroatoms. The highest BCUT2D eigenvalue weighted by molar-refractivity contribution is 7.86. The van der Waals surface area contributed by atoms with E-state index in [-0.39, 0.29) is 11.9 Å². The van der Waals surface area contributed by atoms with Gasteiger partial charge in [0.2, 0.25) is 5.71 Å². The van der Waals surface area contributed by atoms with E-state index in [9.17, 15) is 8.60 Å². The van der Waals surface area contributed by atoms with Crippen molar-refractivity contribution in [3.05, 3.63) is 60.6 Å². The van der Waals surface area contributed by atoms with E-state index in [2.05, 4.69) is 15.0 Å². The van der Waals surface area contributed by atoms with Crippen molar-refractivity contribution in [3.63, 3.8) is 0 Å². The molecule has 5 heterocycles. The van der Waals surface area contributed by atoms with Crippen molar-refractivity contribution in [2.75, 3.05) is 11.5 Å². The second-order valence-corrected chi connectivity index (χ2v) is 9.18. The zero-order chi connectivity index (χ0) is 21.8. The number of hydrogen-bond donors (Lipinski definition) is 0. The lowest BCUT2D eigenvalue weighted by atomic mass is 10.0. The molecule has 1 fully saturated rings. The first-order valence-corrected chi connectivity index (χ1v) is 11.4. The highest BCUT2D eigenvalue weighted by atomic mass is 32.2. The number of nitrogens with zero attached hydrogens (tertiary/aromatic N) is 5. The lowest BCUT2D eigenvalue weighted by Crippen LogP contribution is -2.33. The van der Waals surface area contributed by atoms with E-state index in [0.29, 0.717) is 51.4 Å². The van der Waals surface area contributed by atoms with Crippen molar-refractivity contribution in [1.29, 1.82) is 0 Å². The number of hydrogen-bond acceptors (Lipinski definition) is 7. The van der Waals surface area contributed by atoms with Gasteiger partial charge in [-0.25, -0.2) is 19.3 Å². The molecule has 1 aliphatic heterocycles. The van der Waals surface area contributed by atoms with Crippen LogP contribution in [0.1, 0.15) is 11.8 Å². The standard InChI is InChI=1S/C22H16FN5O3S/c1-12-7-24-22(30-12)18-6-16-20(25-11-26-21(16)31-18)17-8-28(15-9-32(29)10-15)27-19(17)13-2-4-14(23)5-3-13/h2-8,11,15H,9-10H2,1H3. The van der Waals surface area contributed by atoms with E-state index in [1.165, 1.54) is 18.5 Å². The van der Waals surface area contributed by atoms with Crippen molar-refractivity contribution in [1.82, 2.24) is 24.7 Å². The predicted octanol–water partition coefficient (Wildman–Crippen LogP) is 4.16. The van der Waals surface area contributed by atoms with Gasteiger partial charge in [0.15, 0.2) is 5.76 Å². The molecular formula is C22H16FN5O3S.